The van der Waals surface area contributed by atoms with Crippen molar-refractivity contribution in [2.45, 2.75) is 83.1 Å². The Morgan fingerprint density at radius 3 is 1.70 bits per heavy atom. The van der Waals surface area contributed by atoms with E-state index in [9.17, 15) is 40.7 Å². The second-order valence-electron chi connectivity index (χ2n) is 10.3. The third kappa shape index (κ3) is 23.0. The minimum Gasteiger partial charge on any atom is -0.481 e. The first kappa shape index (κ1) is 49.9. The van der Waals surface area contributed by atoms with Crippen LogP contribution in [0.25, 0.3) is 0 Å². The number of hydrogen-bond donors (Lipinski definition) is 2. The molecule has 0 fully saturated rings. The van der Waals surface area contributed by atoms with Gasteiger partial charge in [-0.2, -0.15) is 26.3 Å². The van der Waals surface area contributed by atoms with Crippen molar-refractivity contribution in [2.75, 3.05) is 13.2 Å². The molecule has 0 saturated heterocycles. The molecule has 0 bridgehead atoms. The van der Waals surface area contributed by atoms with E-state index in [-0.39, 0.29) is 18.1 Å². The van der Waals surface area contributed by atoms with Crippen LogP contribution in [0, 0.1) is 23.2 Å². The number of ketones is 1. The van der Waals surface area contributed by atoms with Crippen LogP contribution < -0.4 is 0 Å². The number of carboxylic acid groups (broad SMARTS) is 1. The Bertz CT molecular complexity index is 1000. The normalized spacial score (nSPS) is 15.5. The topological polar surface area (TPSA) is 110 Å². The monoisotopic (exact) mass is 960 g/mol. The molecule has 270 valence electrons. The van der Waals surface area contributed by atoms with E-state index in [0.29, 0.717) is 18.9 Å². The first-order valence-corrected chi connectivity index (χ1v) is 16.6. The third-order valence-electron chi connectivity index (χ3n) is 6.13. The van der Waals surface area contributed by atoms with Crippen molar-refractivity contribution >= 4 is 97.9 Å². The second-order valence-corrected chi connectivity index (χ2v) is 15.1. The average Bonchev–Trinajstić information content (AvgIpc) is 2.89. The molecule has 0 aromatic carbocycles. The van der Waals surface area contributed by atoms with Gasteiger partial charge in [0.2, 0.25) is 3.79 Å². The van der Waals surface area contributed by atoms with E-state index in [1.54, 1.807) is 40.7 Å². The molecule has 0 heterocycles. The molecule has 0 aliphatic rings. The van der Waals surface area contributed by atoms with Gasteiger partial charge in [0.05, 0.1) is 19.7 Å². The highest BCUT2D eigenvalue weighted by Crippen LogP contribution is 2.36. The lowest BCUT2D eigenvalue weighted by Crippen LogP contribution is -2.44. The number of carboxylic acids is 1. The molecule has 0 unspecified atom stereocenters. The van der Waals surface area contributed by atoms with Gasteiger partial charge >= 0.3 is 24.5 Å². The Labute approximate surface area is 307 Å². The van der Waals surface area contributed by atoms with Gasteiger partial charge in [-0.1, -0.05) is 88.5 Å². The smallest absolute Gasteiger partial charge is 0.481 e. The van der Waals surface area contributed by atoms with Crippen molar-refractivity contribution in [2.24, 2.45) is 23.2 Å². The van der Waals surface area contributed by atoms with E-state index in [4.69, 9.17) is 54.5 Å². The van der Waals surface area contributed by atoms with Gasteiger partial charge in [-0.3, -0.25) is 9.59 Å². The maximum Gasteiger partial charge on any atom is 0.508 e. The molecule has 0 radical (unpaired) electrons. The molecule has 0 aliphatic heterocycles. The molecule has 0 aromatic rings. The van der Waals surface area contributed by atoms with Crippen LogP contribution in [0.4, 0.5) is 31.1 Å². The highest BCUT2D eigenvalue weighted by Gasteiger charge is 2.42. The van der Waals surface area contributed by atoms with Crippen LogP contribution in [0.2, 0.25) is 0 Å². The largest absolute Gasteiger partial charge is 0.508 e. The predicted molar refractivity (Wildman–Crippen MR) is 184 cm³/mol. The van der Waals surface area contributed by atoms with Crippen LogP contribution in [0.3, 0.4) is 0 Å². The number of aliphatic hydroxyl groups is 1. The highest BCUT2D eigenvalue weighted by molar-refractivity contribution is 14.1. The molecule has 0 aromatic heterocycles. The molecule has 18 heteroatoms. The number of alkyl halides is 9. The number of allylic oxidation sites excluding steroid dienone is 4. The zero-order chi connectivity index (χ0) is 37.3. The van der Waals surface area contributed by atoms with Crippen LogP contribution in [-0.2, 0) is 19.1 Å². The Kier molecular flexibility index (Phi) is 24.9. The van der Waals surface area contributed by atoms with Crippen molar-refractivity contribution in [3.05, 3.63) is 32.0 Å². The lowest BCUT2D eigenvalue weighted by atomic mass is 9.69. The number of aliphatic carboxylic acids is 1. The standard InChI is InChI=1S/C19H29Cl3O6.C5H6F3I.C4H4F3IO/c1-7-8-11(2)15(28-17(26)27-10-19(20,21)22)13(4)16(25)18(5,6)12(3)9-14(23)24;1-2-3-4(9)5(6,7)8;5-4(6,7)3(8)1-2-9/h7,11-13,15H,1,8-10H2,2-6H3,(H,23,24);3H,2H2,1H3;1,9H,2H2/b;4-3-;3-1-/t11-,12-,13+,15-;;/m0../s1. The number of aliphatic hydroxyl groups excluding tert-OH is 1. The van der Waals surface area contributed by atoms with Gasteiger partial charge in [-0.05, 0) is 75.9 Å². The number of carbonyl (C=O) groups excluding carboxylic acids is 2. The first-order chi connectivity index (χ1) is 20.6. The molecular weight excluding hydrogens is 922 g/mol. The summed E-state index contributed by atoms with van der Waals surface area (Å²) in [5.41, 5.74) is -0.936. The van der Waals surface area contributed by atoms with Crippen LogP contribution >= 0.6 is 80.0 Å². The van der Waals surface area contributed by atoms with Gasteiger partial charge in [-0.15, -0.1) is 6.58 Å². The van der Waals surface area contributed by atoms with Crippen molar-refractivity contribution in [1.82, 2.24) is 0 Å². The third-order valence-corrected chi connectivity index (χ3v) is 8.57. The van der Waals surface area contributed by atoms with Crippen LogP contribution in [0.1, 0.15) is 60.8 Å². The van der Waals surface area contributed by atoms with Crippen molar-refractivity contribution in [3.8, 4) is 0 Å². The van der Waals surface area contributed by atoms with Gasteiger partial charge < -0.3 is 19.7 Å². The van der Waals surface area contributed by atoms with Crippen molar-refractivity contribution in [1.29, 1.82) is 0 Å². The highest BCUT2D eigenvalue weighted by atomic mass is 127. The zero-order valence-corrected chi connectivity index (χ0v) is 32.5. The van der Waals surface area contributed by atoms with Gasteiger partial charge in [0.25, 0.3) is 0 Å². The Balaban J connectivity index is -0.000000831. The number of hydrogen-bond acceptors (Lipinski definition) is 6. The minimum atomic E-state index is -4.30. The summed E-state index contributed by atoms with van der Waals surface area (Å²) in [5, 5.41) is 17.1. The number of carbonyl (C=O) groups is 3. The Morgan fingerprint density at radius 2 is 1.39 bits per heavy atom. The molecule has 2 N–H and O–H groups in total. The number of Topliss-reactive ketones (excluding diaryl/α,β-unsaturated/α-hetero) is 1. The molecule has 0 saturated carbocycles. The lowest BCUT2D eigenvalue weighted by molar-refractivity contribution is -0.143. The van der Waals surface area contributed by atoms with E-state index in [0.717, 1.165) is 28.7 Å². The molecule has 0 amide bonds. The summed E-state index contributed by atoms with van der Waals surface area (Å²) in [4.78, 5) is 36.2. The molecule has 0 aliphatic carbocycles. The molecule has 46 heavy (non-hydrogen) atoms. The van der Waals surface area contributed by atoms with E-state index in [1.165, 1.54) is 22.6 Å². The summed E-state index contributed by atoms with van der Waals surface area (Å²) in [5.74, 6) is -2.55. The summed E-state index contributed by atoms with van der Waals surface area (Å²) in [7, 11) is 0. The fraction of sp³-hybridized carbons (Fsp3) is 0.679. The van der Waals surface area contributed by atoms with Crippen LogP contribution in [0.15, 0.2) is 32.0 Å². The summed E-state index contributed by atoms with van der Waals surface area (Å²) >= 11 is 19.1. The van der Waals surface area contributed by atoms with E-state index < -0.39 is 72.0 Å². The van der Waals surface area contributed by atoms with Gasteiger partial charge in [-0.25, -0.2) is 4.79 Å². The molecule has 0 spiro atoms. The fourth-order valence-electron chi connectivity index (χ4n) is 3.38. The van der Waals surface area contributed by atoms with Gasteiger partial charge in [0.15, 0.2) is 0 Å². The number of rotatable bonds is 13. The van der Waals surface area contributed by atoms with E-state index in [2.05, 4.69) is 6.58 Å². The average molecular weight is 962 g/mol. The second kappa shape index (κ2) is 23.0. The zero-order valence-electron chi connectivity index (χ0n) is 25.9. The summed E-state index contributed by atoms with van der Waals surface area (Å²) in [6.07, 6.45) is -6.02. The van der Waals surface area contributed by atoms with Crippen molar-refractivity contribution in [3.63, 3.8) is 0 Å². The molecular formula is C28H39Cl3F6I2O7. The molecule has 7 nitrogen and oxygen atoms in total. The minimum absolute atomic E-state index is 0.148. The molecule has 0 rings (SSSR count). The first-order valence-electron chi connectivity index (χ1n) is 13.3. The van der Waals surface area contributed by atoms with Crippen LogP contribution in [-0.4, -0.2) is 63.6 Å². The van der Waals surface area contributed by atoms with Gasteiger partial charge in [0.1, 0.15) is 18.5 Å². The van der Waals surface area contributed by atoms with Crippen LogP contribution in [0.5, 0.6) is 0 Å². The van der Waals surface area contributed by atoms with Gasteiger partial charge in [0, 0.05) is 11.8 Å². The maximum atomic E-state index is 13.1. The Morgan fingerprint density at radius 1 is 0.935 bits per heavy atom. The number of halogens is 11. The fourth-order valence-corrected chi connectivity index (χ4v) is 4.18. The summed E-state index contributed by atoms with van der Waals surface area (Å²) < 4.78 is 76.1. The lowest BCUT2D eigenvalue weighted by Gasteiger charge is -2.36. The Hall–Kier alpha value is -0.500. The molecule has 4 atom stereocenters. The van der Waals surface area contributed by atoms with E-state index in [1.807, 2.05) is 6.92 Å². The predicted octanol–water partition coefficient (Wildman–Crippen LogP) is 10.6. The summed E-state index contributed by atoms with van der Waals surface area (Å²) in [6, 6.07) is 0. The maximum absolute atomic E-state index is 13.1. The quantitative estimate of drug-likeness (QED) is 0.0622. The van der Waals surface area contributed by atoms with E-state index >= 15 is 0 Å². The number of ether oxygens (including phenoxy) is 2. The summed E-state index contributed by atoms with van der Waals surface area (Å²) in [6.45, 7) is 12.8. The van der Waals surface area contributed by atoms with Crippen molar-refractivity contribution < 1.29 is 60.4 Å². The SMILES string of the molecule is C=CC[C@H](C)[C@H](OC(=O)OCC(Cl)(Cl)Cl)[C@@H](C)C(=O)C(C)(C)[C@@H](C)CC(=O)O.CC/C=C(\I)C(F)(F)F.OC/C=C(\I)C(F)(F)F.